The van der Waals surface area contributed by atoms with E-state index in [1.54, 1.807) is 19.5 Å². The van der Waals surface area contributed by atoms with Gasteiger partial charge in [0.05, 0.1) is 7.11 Å². The number of rotatable bonds is 1. The molecule has 0 unspecified atom stereocenters. The summed E-state index contributed by atoms with van der Waals surface area (Å²) in [6.45, 7) is 1.90. The number of nitrogens with zero attached hydrogens (tertiary/aromatic N) is 1. The van der Waals surface area contributed by atoms with Crippen LogP contribution in [0.25, 0.3) is 0 Å². The van der Waals surface area contributed by atoms with Crippen molar-refractivity contribution in [2.24, 2.45) is 0 Å². The standard InChI is InChI=1S/C7H8ClNO.ClH/c1-5-3-9-4-6(8)7(5)10-2;/h3-4H,1-2H3;1H. The number of aromatic nitrogens is 1. The largest absolute Gasteiger partial charge is 0.495 e. The average molecular weight is 194 g/mol. The molecule has 0 spiro atoms. The Bertz CT molecular complexity index is 220. The predicted molar refractivity (Wildman–Crippen MR) is 47.8 cm³/mol. The van der Waals surface area contributed by atoms with Crippen LogP contribution in [0.4, 0.5) is 0 Å². The topological polar surface area (TPSA) is 22.1 Å². The third kappa shape index (κ3) is 2.24. The van der Waals surface area contributed by atoms with Gasteiger partial charge in [0.2, 0.25) is 0 Å². The van der Waals surface area contributed by atoms with Crippen LogP contribution in [-0.2, 0) is 0 Å². The van der Waals surface area contributed by atoms with Crippen molar-refractivity contribution in [3.63, 3.8) is 0 Å². The molecule has 0 saturated carbocycles. The van der Waals surface area contributed by atoms with Crippen LogP contribution >= 0.6 is 24.0 Å². The molecule has 0 N–H and O–H groups in total. The third-order valence-electron chi connectivity index (χ3n) is 1.24. The molecule has 62 valence electrons. The fourth-order valence-electron chi connectivity index (χ4n) is 0.779. The van der Waals surface area contributed by atoms with Gasteiger partial charge in [-0.25, -0.2) is 0 Å². The monoisotopic (exact) mass is 193 g/mol. The molecule has 0 aliphatic carbocycles. The Morgan fingerprint density at radius 3 is 2.45 bits per heavy atom. The highest BCUT2D eigenvalue weighted by molar-refractivity contribution is 6.32. The highest BCUT2D eigenvalue weighted by atomic mass is 35.5. The molecule has 0 bridgehead atoms. The second-order valence-electron chi connectivity index (χ2n) is 1.97. The molecule has 0 atom stereocenters. The number of hydrogen-bond acceptors (Lipinski definition) is 2. The fraction of sp³-hybridized carbons (Fsp3) is 0.286. The third-order valence-corrected chi connectivity index (χ3v) is 1.50. The fourth-order valence-corrected chi connectivity index (χ4v) is 1.06. The Morgan fingerprint density at radius 1 is 1.45 bits per heavy atom. The Morgan fingerprint density at radius 2 is 2.09 bits per heavy atom. The maximum Gasteiger partial charge on any atom is 0.143 e. The lowest BCUT2D eigenvalue weighted by Gasteiger charge is -2.03. The smallest absolute Gasteiger partial charge is 0.143 e. The SMILES string of the molecule is COc1c(C)cncc1Cl.Cl. The first-order chi connectivity index (χ1) is 4.75. The molecule has 0 amide bonds. The second-order valence-corrected chi connectivity index (χ2v) is 2.38. The zero-order chi connectivity index (χ0) is 7.56. The Hall–Kier alpha value is -0.470. The zero-order valence-corrected chi connectivity index (χ0v) is 7.87. The van der Waals surface area contributed by atoms with Crippen molar-refractivity contribution in [1.29, 1.82) is 0 Å². The summed E-state index contributed by atoms with van der Waals surface area (Å²) in [5.41, 5.74) is 0.954. The first-order valence-corrected chi connectivity index (χ1v) is 3.27. The number of halogens is 2. The van der Waals surface area contributed by atoms with Crippen LogP contribution in [0.5, 0.6) is 5.75 Å². The minimum atomic E-state index is 0. The summed E-state index contributed by atoms with van der Waals surface area (Å²) in [7, 11) is 1.59. The van der Waals surface area contributed by atoms with Gasteiger partial charge < -0.3 is 4.74 Å². The van der Waals surface area contributed by atoms with Crippen LogP contribution in [0.1, 0.15) is 5.56 Å². The van der Waals surface area contributed by atoms with E-state index in [1.807, 2.05) is 6.92 Å². The normalized spacial score (nSPS) is 8.64. The summed E-state index contributed by atoms with van der Waals surface area (Å²) in [6, 6.07) is 0. The molecular weight excluding hydrogens is 185 g/mol. The van der Waals surface area contributed by atoms with Gasteiger partial charge in [0.1, 0.15) is 10.8 Å². The first kappa shape index (κ1) is 10.5. The van der Waals surface area contributed by atoms with Crippen LogP contribution in [0.3, 0.4) is 0 Å². The first-order valence-electron chi connectivity index (χ1n) is 2.90. The summed E-state index contributed by atoms with van der Waals surface area (Å²) in [4.78, 5) is 3.88. The predicted octanol–water partition coefficient (Wildman–Crippen LogP) is 2.47. The minimum Gasteiger partial charge on any atom is -0.495 e. The van der Waals surface area contributed by atoms with Crippen molar-refractivity contribution in [2.75, 3.05) is 7.11 Å². The quantitative estimate of drug-likeness (QED) is 0.685. The lowest BCUT2D eigenvalue weighted by molar-refractivity contribution is 0.411. The molecule has 2 nitrogen and oxygen atoms in total. The van der Waals surface area contributed by atoms with Crippen LogP contribution < -0.4 is 4.74 Å². The van der Waals surface area contributed by atoms with E-state index in [-0.39, 0.29) is 12.4 Å². The average Bonchev–Trinajstić information content (AvgIpc) is 1.88. The lowest BCUT2D eigenvalue weighted by Crippen LogP contribution is -1.88. The van der Waals surface area contributed by atoms with Crippen molar-refractivity contribution in [3.8, 4) is 5.75 Å². The number of ether oxygens (including phenoxy) is 1. The van der Waals surface area contributed by atoms with Gasteiger partial charge in [-0.1, -0.05) is 11.6 Å². The van der Waals surface area contributed by atoms with Gasteiger partial charge >= 0.3 is 0 Å². The van der Waals surface area contributed by atoms with E-state index in [9.17, 15) is 0 Å². The number of aryl methyl sites for hydroxylation is 1. The molecule has 1 rings (SSSR count). The van der Waals surface area contributed by atoms with E-state index >= 15 is 0 Å². The molecule has 4 heteroatoms. The Labute approximate surface area is 77.0 Å². The molecular formula is C7H9Cl2NO. The Kier molecular flexibility index (Phi) is 4.23. The maximum absolute atomic E-state index is 5.74. The van der Waals surface area contributed by atoms with Gasteiger partial charge in [-0.15, -0.1) is 12.4 Å². The van der Waals surface area contributed by atoms with Gasteiger partial charge in [-0.3, -0.25) is 4.98 Å². The van der Waals surface area contributed by atoms with Crippen LogP contribution in [-0.4, -0.2) is 12.1 Å². The van der Waals surface area contributed by atoms with Crippen molar-refractivity contribution in [2.45, 2.75) is 6.92 Å². The highest BCUT2D eigenvalue weighted by Crippen LogP contribution is 2.25. The summed E-state index contributed by atoms with van der Waals surface area (Å²) in [6.07, 6.45) is 3.28. The van der Waals surface area contributed by atoms with Gasteiger partial charge in [-0.2, -0.15) is 0 Å². The molecule has 0 radical (unpaired) electrons. The minimum absolute atomic E-state index is 0. The highest BCUT2D eigenvalue weighted by Gasteiger charge is 2.01. The molecule has 1 aromatic heterocycles. The van der Waals surface area contributed by atoms with Crippen LogP contribution in [0.15, 0.2) is 12.4 Å². The lowest BCUT2D eigenvalue weighted by atomic mass is 10.3. The van der Waals surface area contributed by atoms with Crippen molar-refractivity contribution in [3.05, 3.63) is 23.0 Å². The summed E-state index contributed by atoms with van der Waals surface area (Å²) in [5.74, 6) is 0.705. The molecule has 0 aliphatic heterocycles. The molecule has 0 saturated heterocycles. The van der Waals surface area contributed by atoms with E-state index in [1.165, 1.54) is 0 Å². The summed E-state index contributed by atoms with van der Waals surface area (Å²) < 4.78 is 5.00. The zero-order valence-electron chi connectivity index (χ0n) is 6.30. The van der Waals surface area contributed by atoms with Crippen molar-refractivity contribution < 1.29 is 4.74 Å². The van der Waals surface area contributed by atoms with Gasteiger partial charge in [0.15, 0.2) is 0 Å². The molecule has 11 heavy (non-hydrogen) atoms. The summed E-state index contributed by atoms with van der Waals surface area (Å²) in [5, 5.41) is 0.558. The molecule has 0 aromatic carbocycles. The van der Waals surface area contributed by atoms with Crippen LogP contribution in [0, 0.1) is 6.92 Å². The number of pyridine rings is 1. The summed E-state index contributed by atoms with van der Waals surface area (Å²) >= 11 is 5.74. The van der Waals surface area contributed by atoms with E-state index in [0.717, 1.165) is 5.56 Å². The second kappa shape index (κ2) is 4.42. The van der Waals surface area contributed by atoms with Crippen molar-refractivity contribution in [1.82, 2.24) is 4.98 Å². The van der Waals surface area contributed by atoms with E-state index in [0.29, 0.717) is 10.8 Å². The van der Waals surface area contributed by atoms with E-state index in [2.05, 4.69) is 4.98 Å². The van der Waals surface area contributed by atoms with Crippen molar-refractivity contribution >= 4 is 24.0 Å². The van der Waals surface area contributed by atoms with Gasteiger partial charge in [0, 0.05) is 18.0 Å². The Balaban J connectivity index is 0.000001000. The molecule has 0 aliphatic rings. The van der Waals surface area contributed by atoms with Crippen LogP contribution in [0.2, 0.25) is 5.02 Å². The van der Waals surface area contributed by atoms with E-state index < -0.39 is 0 Å². The molecule has 0 fully saturated rings. The van der Waals surface area contributed by atoms with Gasteiger partial charge in [-0.05, 0) is 6.92 Å². The number of methoxy groups -OCH3 is 1. The molecule has 1 aromatic rings. The molecule has 1 heterocycles. The maximum atomic E-state index is 5.74. The van der Waals surface area contributed by atoms with Gasteiger partial charge in [0.25, 0.3) is 0 Å². The van der Waals surface area contributed by atoms with E-state index in [4.69, 9.17) is 16.3 Å². The number of hydrogen-bond donors (Lipinski definition) is 0.